The predicted molar refractivity (Wildman–Crippen MR) is 145 cm³/mol. The van der Waals surface area contributed by atoms with Gasteiger partial charge >= 0.3 is 0 Å². The minimum Gasteiger partial charge on any atom is -0.372 e. The smallest absolute Gasteiger partial charge is 0.117 e. The van der Waals surface area contributed by atoms with Crippen LogP contribution in [0.2, 0.25) is 5.31 Å². The predicted octanol–water partition coefficient (Wildman–Crippen LogP) is 5.19. The van der Waals surface area contributed by atoms with Gasteiger partial charge in [-0.1, -0.05) is 65.8 Å². The summed E-state index contributed by atoms with van der Waals surface area (Å²) in [5, 5.41) is 0.0804. The summed E-state index contributed by atoms with van der Waals surface area (Å²) >= 11 is 0. The number of likely N-dealkylation sites (tertiary alicyclic amines) is 1. The van der Waals surface area contributed by atoms with Crippen molar-refractivity contribution in [2.45, 2.75) is 84.6 Å². The van der Waals surface area contributed by atoms with Crippen LogP contribution in [0, 0.1) is 23.2 Å². The lowest BCUT2D eigenvalue weighted by Crippen LogP contribution is -2.44. The average molecular weight is 440 g/mol. The van der Waals surface area contributed by atoms with Gasteiger partial charge in [0.25, 0.3) is 0 Å². The molecule has 0 saturated carbocycles. The maximum Gasteiger partial charge on any atom is 0.117 e. The highest BCUT2D eigenvalue weighted by atomic mass is 15.2. The topological polar surface area (TPSA) is 9.72 Å². The molecule has 1 aliphatic heterocycles. The summed E-state index contributed by atoms with van der Waals surface area (Å²) < 4.78 is 0. The van der Waals surface area contributed by atoms with Crippen LogP contribution in [0.3, 0.4) is 0 Å². The van der Waals surface area contributed by atoms with Gasteiger partial charge < -0.3 is 9.80 Å². The second kappa shape index (κ2) is 10.6. The molecule has 32 heavy (non-hydrogen) atoms. The fraction of sp³-hybridized carbons (Fsp3) is 0.714. The summed E-state index contributed by atoms with van der Waals surface area (Å²) in [6.45, 7) is 31.0. The molecule has 180 valence electrons. The Kier molecular flexibility index (Phi) is 9.38. The van der Waals surface area contributed by atoms with Crippen molar-refractivity contribution < 1.29 is 0 Å². The minimum absolute atomic E-state index is 0.0804. The van der Waals surface area contributed by atoms with Crippen molar-refractivity contribution in [3.05, 3.63) is 36.7 Å². The Morgan fingerprint density at radius 2 is 1.53 bits per heavy atom. The summed E-state index contributed by atoms with van der Waals surface area (Å²) in [4.78, 5) is 6.90. The lowest BCUT2D eigenvalue weighted by molar-refractivity contribution is 0.199. The van der Waals surface area contributed by atoms with Gasteiger partial charge in [-0.3, -0.25) is 4.90 Å². The molecule has 0 N–H and O–H groups in total. The monoisotopic (exact) mass is 439 g/mol. The van der Waals surface area contributed by atoms with Crippen LogP contribution in [0.1, 0.15) is 67.7 Å². The van der Waals surface area contributed by atoms with E-state index in [2.05, 4.69) is 124 Å². The third kappa shape index (κ3) is 7.48. The highest BCUT2D eigenvalue weighted by Crippen LogP contribution is 2.45. The first-order valence-corrected chi connectivity index (χ1v) is 12.2. The fourth-order valence-corrected chi connectivity index (χ4v) is 4.55. The molecular weight excluding hydrogens is 389 g/mol. The molecule has 0 aromatic carbocycles. The number of piperidine rings is 1. The molecule has 1 rings (SSSR count). The molecule has 1 unspecified atom stereocenters. The number of nitrogens with zero attached hydrogens (tertiary/aromatic N) is 3. The first kappa shape index (κ1) is 28.4. The zero-order chi connectivity index (χ0) is 25.1. The molecule has 0 aromatic heterocycles. The van der Waals surface area contributed by atoms with Gasteiger partial charge in [0.15, 0.2) is 0 Å². The van der Waals surface area contributed by atoms with Crippen molar-refractivity contribution in [2.24, 2.45) is 11.3 Å². The Morgan fingerprint density at radius 3 is 1.94 bits per heavy atom. The largest absolute Gasteiger partial charge is 0.372 e. The van der Waals surface area contributed by atoms with Crippen LogP contribution in [0.15, 0.2) is 36.7 Å². The van der Waals surface area contributed by atoms with Gasteiger partial charge in [0.2, 0.25) is 0 Å². The van der Waals surface area contributed by atoms with Crippen LogP contribution >= 0.6 is 0 Å². The summed E-state index contributed by atoms with van der Waals surface area (Å²) in [6.07, 6.45) is 3.15. The number of hydrogen-bond acceptors (Lipinski definition) is 3. The summed E-state index contributed by atoms with van der Waals surface area (Å²) in [6, 6.07) is 0.311. The first-order chi connectivity index (χ1) is 14.4. The molecule has 1 saturated heterocycles. The zero-order valence-electron chi connectivity index (χ0n) is 23.2. The zero-order valence-corrected chi connectivity index (χ0v) is 23.2. The van der Waals surface area contributed by atoms with Crippen molar-refractivity contribution in [1.29, 1.82) is 0 Å². The Balaban J connectivity index is 2.89. The van der Waals surface area contributed by atoms with Crippen LogP contribution in [-0.2, 0) is 0 Å². The van der Waals surface area contributed by atoms with Crippen LogP contribution in [-0.4, -0.2) is 68.4 Å². The van der Waals surface area contributed by atoms with Crippen molar-refractivity contribution in [1.82, 2.24) is 14.7 Å². The molecule has 1 heterocycles. The number of rotatable bonds is 8. The summed E-state index contributed by atoms with van der Waals surface area (Å²) in [5.74, 6) is 7.18. The van der Waals surface area contributed by atoms with E-state index in [1.54, 1.807) is 0 Å². The fourth-order valence-electron chi connectivity index (χ4n) is 4.55. The van der Waals surface area contributed by atoms with Crippen LogP contribution < -0.4 is 0 Å². The molecule has 3 nitrogen and oxygen atoms in total. The summed E-state index contributed by atoms with van der Waals surface area (Å²) in [5.41, 5.74) is 3.55. The van der Waals surface area contributed by atoms with Crippen LogP contribution in [0.25, 0.3) is 0 Å². The van der Waals surface area contributed by atoms with Crippen molar-refractivity contribution >= 4 is 7.85 Å². The van der Waals surface area contributed by atoms with Gasteiger partial charge in [-0.15, -0.1) is 0 Å². The van der Waals surface area contributed by atoms with Crippen molar-refractivity contribution in [3.8, 4) is 11.8 Å². The highest BCUT2D eigenvalue weighted by Gasteiger charge is 2.37. The quantitative estimate of drug-likeness (QED) is 0.293. The van der Waals surface area contributed by atoms with Gasteiger partial charge in [-0.05, 0) is 69.8 Å². The van der Waals surface area contributed by atoms with E-state index in [9.17, 15) is 0 Å². The molecule has 0 bridgehead atoms. The Labute approximate surface area is 201 Å². The molecule has 1 fully saturated rings. The molecule has 0 aliphatic carbocycles. The van der Waals surface area contributed by atoms with E-state index in [1.165, 1.54) is 11.3 Å². The molecule has 4 heteroatoms. The molecule has 0 aromatic rings. The summed E-state index contributed by atoms with van der Waals surface area (Å²) in [7, 11) is 8.71. The van der Waals surface area contributed by atoms with E-state index < -0.39 is 0 Å². The third-order valence-corrected chi connectivity index (χ3v) is 7.23. The molecule has 0 radical (unpaired) electrons. The normalized spacial score (nSPS) is 17.6. The van der Waals surface area contributed by atoms with Crippen LogP contribution in [0.5, 0.6) is 0 Å². The molecule has 1 atom stereocenters. The first-order valence-electron chi connectivity index (χ1n) is 12.2. The van der Waals surface area contributed by atoms with Gasteiger partial charge in [0.05, 0.1) is 17.3 Å². The van der Waals surface area contributed by atoms with Gasteiger partial charge in [0.1, 0.15) is 7.85 Å². The van der Waals surface area contributed by atoms with E-state index in [0.29, 0.717) is 12.0 Å². The van der Waals surface area contributed by atoms with Crippen molar-refractivity contribution in [3.63, 3.8) is 0 Å². The molecule has 0 spiro atoms. The van der Waals surface area contributed by atoms with Crippen LogP contribution in [0.4, 0.5) is 0 Å². The standard InChI is InChI=1S/C28H50BN3/c1-21(2)25(22(3)20-26(6,7)8)31(13)24(5)28(29)16-18-32(19-17-28)23(4)14-15-27(9,10)30(11)12/h21,25H,3-5,16-20,29H2,1-2,6-13H3. The maximum absolute atomic E-state index is 4.60. The molecular formula is C28H50BN3. The van der Waals surface area contributed by atoms with Gasteiger partial charge in [0, 0.05) is 25.8 Å². The molecule has 0 amide bonds. The Hall–Kier alpha value is -1.60. The van der Waals surface area contributed by atoms with E-state index >= 15 is 0 Å². The van der Waals surface area contributed by atoms with E-state index in [1.807, 2.05) is 0 Å². The SMILES string of the molecule is BC1(C(=C)N(C)C(C(=C)CC(C)(C)C)C(C)C)CCN(C(=C)C#CC(C)(C)N(C)C)CC1. The molecule has 1 aliphatic rings. The lowest BCUT2D eigenvalue weighted by atomic mass is 9.60. The van der Waals surface area contributed by atoms with Gasteiger partial charge in [-0.25, -0.2) is 0 Å². The second-order valence-electron chi connectivity index (χ2n) is 12.3. The Morgan fingerprint density at radius 1 is 1.03 bits per heavy atom. The van der Waals surface area contributed by atoms with Gasteiger partial charge in [-0.2, -0.15) is 0 Å². The van der Waals surface area contributed by atoms with Crippen molar-refractivity contribution in [2.75, 3.05) is 34.2 Å². The number of hydrogen-bond donors (Lipinski definition) is 0. The van der Waals surface area contributed by atoms with E-state index in [4.69, 9.17) is 0 Å². The average Bonchev–Trinajstić information content (AvgIpc) is 2.64. The van der Waals surface area contributed by atoms with E-state index in [-0.39, 0.29) is 16.3 Å². The lowest BCUT2D eigenvalue weighted by Gasteiger charge is -2.47. The number of allylic oxidation sites excluding steroid dienone is 2. The number of likely N-dealkylation sites (N-methyl/N-ethyl adjacent to an activating group) is 1. The minimum atomic E-state index is -0.161. The second-order valence-corrected chi connectivity index (χ2v) is 12.3. The Bertz CT molecular complexity index is 750. The maximum atomic E-state index is 4.60. The van der Waals surface area contributed by atoms with E-state index in [0.717, 1.165) is 38.0 Å². The third-order valence-electron chi connectivity index (χ3n) is 7.23. The highest BCUT2D eigenvalue weighted by molar-refractivity contribution is 6.17.